The largest absolute Gasteiger partial charge is 0.332 e. The lowest BCUT2D eigenvalue weighted by atomic mass is 10.1. The quantitative estimate of drug-likeness (QED) is 0.525. The summed E-state index contributed by atoms with van der Waals surface area (Å²) in [5.41, 5.74) is 4.31. The van der Waals surface area contributed by atoms with Crippen LogP contribution in [0.4, 0.5) is 0 Å². The molecule has 0 radical (unpaired) electrons. The SMILES string of the molecule is C=CCn1c(=O)c2c(nc3n(-c4ccc(C)c(C)c4)c(C)cn23)n(C)c1=O. The molecule has 0 fully saturated rings. The van der Waals surface area contributed by atoms with Gasteiger partial charge in [-0.2, -0.15) is 4.98 Å². The van der Waals surface area contributed by atoms with E-state index < -0.39 is 5.69 Å². The molecule has 0 aliphatic carbocycles. The van der Waals surface area contributed by atoms with Crippen molar-refractivity contribution in [3.63, 3.8) is 0 Å². The van der Waals surface area contributed by atoms with Gasteiger partial charge in [0.25, 0.3) is 5.56 Å². The highest BCUT2D eigenvalue weighted by molar-refractivity contribution is 5.76. The van der Waals surface area contributed by atoms with Crippen LogP contribution in [0.3, 0.4) is 0 Å². The van der Waals surface area contributed by atoms with Crippen LogP contribution in [0.25, 0.3) is 22.6 Å². The molecule has 0 aliphatic rings. The van der Waals surface area contributed by atoms with Crippen LogP contribution in [-0.4, -0.2) is 23.1 Å². The molecule has 4 aromatic rings. The first-order valence-corrected chi connectivity index (χ1v) is 8.73. The molecule has 138 valence electrons. The van der Waals surface area contributed by atoms with Crippen LogP contribution in [0.15, 0.2) is 46.6 Å². The fraction of sp³-hybridized carbons (Fsp3) is 0.250. The average Bonchev–Trinajstić information content (AvgIpc) is 3.14. The van der Waals surface area contributed by atoms with Crippen molar-refractivity contribution in [2.24, 2.45) is 7.05 Å². The van der Waals surface area contributed by atoms with Crippen molar-refractivity contribution in [2.75, 3.05) is 0 Å². The Bertz CT molecular complexity index is 1350. The second-order valence-corrected chi connectivity index (χ2v) is 6.87. The lowest BCUT2D eigenvalue weighted by molar-refractivity contribution is 0.667. The average molecular weight is 363 g/mol. The fourth-order valence-corrected chi connectivity index (χ4v) is 3.48. The molecule has 7 nitrogen and oxygen atoms in total. The summed E-state index contributed by atoms with van der Waals surface area (Å²) in [6.45, 7) is 9.90. The van der Waals surface area contributed by atoms with Crippen molar-refractivity contribution < 1.29 is 0 Å². The summed E-state index contributed by atoms with van der Waals surface area (Å²) in [5.74, 6) is 0.606. The minimum atomic E-state index is -0.400. The number of benzene rings is 1. The third kappa shape index (κ3) is 2.31. The Morgan fingerprint density at radius 2 is 1.89 bits per heavy atom. The fourth-order valence-electron chi connectivity index (χ4n) is 3.48. The molecule has 4 rings (SSSR count). The Hall–Kier alpha value is -3.35. The van der Waals surface area contributed by atoms with Crippen molar-refractivity contribution >= 4 is 16.9 Å². The number of allylic oxidation sites excluding steroid dienone is 1. The van der Waals surface area contributed by atoms with Crippen molar-refractivity contribution in [3.8, 4) is 5.69 Å². The minimum absolute atomic E-state index is 0.158. The lowest BCUT2D eigenvalue weighted by Crippen LogP contribution is -2.39. The highest BCUT2D eigenvalue weighted by atomic mass is 16.2. The van der Waals surface area contributed by atoms with Gasteiger partial charge in [0.1, 0.15) is 0 Å². The number of aromatic nitrogens is 5. The molecule has 0 atom stereocenters. The van der Waals surface area contributed by atoms with Crippen molar-refractivity contribution in [2.45, 2.75) is 27.3 Å². The van der Waals surface area contributed by atoms with E-state index in [1.807, 2.05) is 23.8 Å². The molecule has 3 heterocycles. The maximum atomic E-state index is 13.0. The Kier molecular flexibility index (Phi) is 3.69. The van der Waals surface area contributed by atoms with Gasteiger partial charge in [-0.05, 0) is 44.0 Å². The van der Waals surface area contributed by atoms with Crippen LogP contribution in [-0.2, 0) is 13.6 Å². The van der Waals surface area contributed by atoms with E-state index in [1.54, 1.807) is 17.5 Å². The topological polar surface area (TPSA) is 66.2 Å². The molecule has 0 N–H and O–H groups in total. The van der Waals surface area contributed by atoms with Gasteiger partial charge in [0.2, 0.25) is 5.78 Å². The first kappa shape index (κ1) is 17.1. The number of hydrogen-bond donors (Lipinski definition) is 0. The van der Waals surface area contributed by atoms with Crippen LogP contribution in [0.5, 0.6) is 0 Å². The zero-order valence-electron chi connectivity index (χ0n) is 15.9. The molecule has 0 amide bonds. The lowest BCUT2D eigenvalue weighted by Gasteiger charge is -2.08. The third-order valence-electron chi connectivity index (χ3n) is 5.09. The van der Waals surface area contributed by atoms with Crippen molar-refractivity contribution in [1.82, 2.24) is 23.1 Å². The second-order valence-electron chi connectivity index (χ2n) is 6.87. The molecule has 0 bridgehead atoms. The summed E-state index contributed by atoms with van der Waals surface area (Å²) < 4.78 is 6.34. The Morgan fingerprint density at radius 3 is 2.56 bits per heavy atom. The number of fused-ring (bicyclic) bond motifs is 3. The van der Waals surface area contributed by atoms with Gasteiger partial charge in [0.05, 0.1) is 0 Å². The Morgan fingerprint density at radius 1 is 1.15 bits per heavy atom. The van der Waals surface area contributed by atoms with Gasteiger partial charge in [0, 0.05) is 31.2 Å². The van der Waals surface area contributed by atoms with E-state index in [2.05, 4.69) is 37.5 Å². The molecular formula is C20H21N5O2. The van der Waals surface area contributed by atoms with E-state index in [1.165, 1.54) is 20.3 Å². The van der Waals surface area contributed by atoms with Crippen LogP contribution < -0.4 is 11.2 Å². The van der Waals surface area contributed by atoms with Gasteiger partial charge in [-0.3, -0.25) is 22.9 Å². The van der Waals surface area contributed by atoms with Crippen LogP contribution in [0.1, 0.15) is 16.8 Å². The predicted molar refractivity (Wildman–Crippen MR) is 106 cm³/mol. The molecule has 0 saturated carbocycles. The van der Waals surface area contributed by atoms with Gasteiger partial charge in [-0.25, -0.2) is 4.79 Å². The van der Waals surface area contributed by atoms with E-state index in [9.17, 15) is 9.59 Å². The van der Waals surface area contributed by atoms with E-state index >= 15 is 0 Å². The number of hydrogen-bond acceptors (Lipinski definition) is 3. The smallest absolute Gasteiger partial charge is 0.283 e. The molecule has 3 aromatic heterocycles. The predicted octanol–water partition coefficient (Wildman–Crippen LogP) is 2.25. The highest BCUT2D eigenvalue weighted by Crippen LogP contribution is 2.22. The molecular weight excluding hydrogens is 342 g/mol. The van der Waals surface area contributed by atoms with E-state index in [4.69, 9.17) is 0 Å². The maximum absolute atomic E-state index is 13.0. The first-order valence-electron chi connectivity index (χ1n) is 8.73. The summed E-state index contributed by atoms with van der Waals surface area (Å²) in [5, 5.41) is 0. The van der Waals surface area contributed by atoms with Crippen LogP contribution in [0, 0.1) is 20.8 Å². The normalized spacial score (nSPS) is 11.6. The summed E-state index contributed by atoms with van der Waals surface area (Å²) in [6.07, 6.45) is 3.42. The monoisotopic (exact) mass is 363 g/mol. The molecule has 1 aromatic carbocycles. The zero-order valence-corrected chi connectivity index (χ0v) is 15.9. The van der Waals surface area contributed by atoms with Gasteiger partial charge < -0.3 is 0 Å². The van der Waals surface area contributed by atoms with Crippen LogP contribution >= 0.6 is 0 Å². The molecule has 0 aliphatic heterocycles. The van der Waals surface area contributed by atoms with Gasteiger partial charge in [0.15, 0.2) is 11.2 Å². The number of imidazole rings is 2. The molecule has 27 heavy (non-hydrogen) atoms. The highest BCUT2D eigenvalue weighted by Gasteiger charge is 2.20. The van der Waals surface area contributed by atoms with E-state index in [-0.39, 0.29) is 12.1 Å². The Balaban J connectivity index is 2.14. The molecule has 7 heteroatoms. The van der Waals surface area contributed by atoms with Crippen LogP contribution in [0.2, 0.25) is 0 Å². The van der Waals surface area contributed by atoms with Crippen molar-refractivity contribution in [1.29, 1.82) is 0 Å². The second kappa shape index (κ2) is 5.84. The third-order valence-corrected chi connectivity index (χ3v) is 5.09. The summed E-state index contributed by atoms with van der Waals surface area (Å²) >= 11 is 0. The van der Waals surface area contributed by atoms with Gasteiger partial charge in [-0.1, -0.05) is 12.1 Å². The van der Waals surface area contributed by atoms with Gasteiger partial charge in [-0.15, -0.1) is 6.58 Å². The molecule has 0 unspecified atom stereocenters. The minimum Gasteiger partial charge on any atom is -0.283 e. The number of rotatable bonds is 3. The zero-order chi connectivity index (χ0) is 19.5. The maximum Gasteiger partial charge on any atom is 0.332 e. The molecule has 0 spiro atoms. The van der Waals surface area contributed by atoms with Gasteiger partial charge >= 0.3 is 5.69 Å². The van der Waals surface area contributed by atoms with E-state index in [0.717, 1.165) is 11.4 Å². The Labute approximate surface area is 155 Å². The summed E-state index contributed by atoms with van der Waals surface area (Å²) in [7, 11) is 1.63. The molecule has 0 saturated heterocycles. The van der Waals surface area contributed by atoms with Crippen molar-refractivity contribution in [3.05, 3.63) is 74.7 Å². The first-order chi connectivity index (χ1) is 12.8. The number of aryl methyl sites for hydroxylation is 4. The standard InChI is InChI=1S/C20H21N5O2/c1-6-9-23-18(26)16-17(22(5)20(23)27)21-19-24(16)11-14(4)25(19)15-8-7-12(2)13(3)10-15/h6-8,10-11H,1,9H2,2-5H3. The number of nitrogens with zero attached hydrogens (tertiary/aromatic N) is 5. The summed E-state index contributed by atoms with van der Waals surface area (Å²) in [6, 6.07) is 6.19. The summed E-state index contributed by atoms with van der Waals surface area (Å²) in [4.78, 5) is 30.1. The van der Waals surface area contributed by atoms with E-state index in [0.29, 0.717) is 16.9 Å².